The van der Waals surface area contributed by atoms with Crippen molar-refractivity contribution in [2.45, 2.75) is 19.4 Å². The summed E-state index contributed by atoms with van der Waals surface area (Å²) >= 11 is 0. The molecule has 1 aliphatic heterocycles. The lowest BCUT2D eigenvalue weighted by atomic mass is 10.0. The second-order valence-electron chi connectivity index (χ2n) is 5.89. The van der Waals surface area contributed by atoms with Gasteiger partial charge in [0, 0.05) is 13.0 Å². The van der Waals surface area contributed by atoms with E-state index < -0.39 is 9.84 Å². The highest BCUT2D eigenvalue weighted by atomic mass is 32.2. The number of hydrogen-bond donors (Lipinski definition) is 1. The summed E-state index contributed by atoms with van der Waals surface area (Å²) in [5, 5.41) is 5.19. The van der Waals surface area contributed by atoms with Crippen molar-refractivity contribution in [3.05, 3.63) is 48.0 Å². The van der Waals surface area contributed by atoms with Crippen LogP contribution in [-0.4, -0.2) is 25.8 Å². The average molecular weight is 317 g/mol. The van der Waals surface area contributed by atoms with Crippen LogP contribution in [0.5, 0.6) is 0 Å². The Labute approximate surface area is 130 Å². The third-order valence-corrected chi connectivity index (χ3v) is 5.99. The first-order valence-electron chi connectivity index (χ1n) is 7.47. The predicted molar refractivity (Wildman–Crippen MR) is 87.2 cm³/mol. The van der Waals surface area contributed by atoms with E-state index in [2.05, 4.69) is 5.32 Å². The summed E-state index contributed by atoms with van der Waals surface area (Å²) in [6.07, 6.45) is 0.897. The average Bonchev–Trinajstić information content (AvgIpc) is 2.84. The number of nitrogens with one attached hydrogen (secondary N) is 1. The number of hydrogen-bond acceptors (Lipinski definition) is 3. The number of benzene rings is 2. The summed E-state index contributed by atoms with van der Waals surface area (Å²) in [7, 11) is -2.92. The summed E-state index contributed by atoms with van der Waals surface area (Å²) in [5.41, 5.74) is 1.07. The first-order valence-corrected chi connectivity index (χ1v) is 9.29. The monoisotopic (exact) mass is 317 g/mol. The third-order valence-electron chi connectivity index (χ3n) is 4.16. The van der Waals surface area contributed by atoms with Crippen LogP contribution in [0, 0.1) is 5.92 Å². The van der Waals surface area contributed by atoms with E-state index in [-0.39, 0.29) is 23.3 Å². The van der Waals surface area contributed by atoms with Crippen molar-refractivity contribution in [3.63, 3.8) is 0 Å². The smallest absolute Gasteiger partial charge is 0.220 e. The molecule has 0 radical (unpaired) electrons. The Morgan fingerprint density at radius 3 is 2.68 bits per heavy atom. The Hall–Kier alpha value is -1.88. The molecule has 1 amide bonds. The molecule has 1 saturated heterocycles. The quantitative estimate of drug-likeness (QED) is 0.941. The zero-order chi connectivity index (χ0) is 15.6. The van der Waals surface area contributed by atoms with Crippen LogP contribution >= 0.6 is 0 Å². The van der Waals surface area contributed by atoms with Gasteiger partial charge >= 0.3 is 0 Å². The van der Waals surface area contributed by atoms with Crippen LogP contribution in [0.4, 0.5) is 0 Å². The first kappa shape index (κ1) is 15.0. The van der Waals surface area contributed by atoms with Gasteiger partial charge in [0.25, 0.3) is 0 Å². The molecule has 3 rings (SSSR count). The molecule has 5 heteroatoms. The number of carbonyl (C=O) groups is 1. The lowest BCUT2D eigenvalue weighted by Crippen LogP contribution is -2.25. The minimum absolute atomic E-state index is 0.0301. The van der Waals surface area contributed by atoms with Crippen LogP contribution in [0.1, 0.15) is 18.4 Å². The SMILES string of the molecule is O=C(CC1CCS(=O)(=O)C1)NCc1cccc2ccccc12. The molecule has 4 nitrogen and oxygen atoms in total. The fourth-order valence-corrected chi connectivity index (χ4v) is 4.87. The number of sulfone groups is 1. The van der Waals surface area contributed by atoms with E-state index in [0.29, 0.717) is 19.4 Å². The molecule has 0 bridgehead atoms. The molecule has 1 atom stereocenters. The highest BCUT2D eigenvalue weighted by molar-refractivity contribution is 7.91. The van der Waals surface area contributed by atoms with Crippen LogP contribution in [0.2, 0.25) is 0 Å². The van der Waals surface area contributed by atoms with E-state index in [9.17, 15) is 13.2 Å². The molecule has 2 aromatic rings. The molecule has 1 unspecified atom stereocenters. The summed E-state index contributed by atoms with van der Waals surface area (Å²) in [6.45, 7) is 0.472. The molecular weight excluding hydrogens is 298 g/mol. The van der Waals surface area contributed by atoms with Crippen LogP contribution < -0.4 is 5.32 Å². The maximum absolute atomic E-state index is 12.0. The molecule has 1 aliphatic rings. The standard InChI is InChI=1S/C17H19NO3S/c19-17(10-13-8-9-22(20,21)12-13)18-11-15-6-3-5-14-4-1-2-7-16(14)15/h1-7,13H,8-12H2,(H,18,19). The van der Waals surface area contributed by atoms with E-state index in [1.807, 2.05) is 42.5 Å². The predicted octanol–water partition coefficient (Wildman–Crippen LogP) is 2.28. The minimum Gasteiger partial charge on any atom is -0.352 e. The summed E-state index contributed by atoms with van der Waals surface area (Å²) in [6, 6.07) is 14.1. The van der Waals surface area contributed by atoms with Gasteiger partial charge in [-0.1, -0.05) is 42.5 Å². The van der Waals surface area contributed by atoms with Gasteiger partial charge in [0.05, 0.1) is 11.5 Å². The molecular formula is C17H19NO3S. The van der Waals surface area contributed by atoms with Gasteiger partial charge in [0.15, 0.2) is 9.84 Å². The molecule has 22 heavy (non-hydrogen) atoms. The van der Waals surface area contributed by atoms with Crippen molar-refractivity contribution in [2.75, 3.05) is 11.5 Å². The Bertz CT molecular complexity index is 793. The van der Waals surface area contributed by atoms with Crippen LogP contribution in [0.15, 0.2) is 42.5 Å². The van der Waals surface area contributed by atoms with Crippen molar-refractivity contribution in [2.24, 2.45) is 5.92 Å². The second kappa shape index (κ2) is 6.08. The van der Waals surface area contributed by atoms with Crippen LogP contribution in [-0.2, 0) is 21.2 Å². The van der Waals surface area contributed by atoms with E-state index >= 15 is 0 Å². The van der Waals surface area contributed by atoms with Crippen LogP contribution in [0.25, 0.3) is 10.8 Å². The molecule has 0 saturated carbocycles. The van der Waals surface area contributed by atoms with Gasteiger partial charge in [-0.2, -0.15) is 0 Å². The van der Waals surface area contributed by atoms with Gasteiger partial charge in [0.2, 0.25) is 5.91 Å². The summed E-state index contributed by atoms with van der Waals surface area (Å²) < 4.78 is 22.8. The van der Waals surface area contributed by atoms with Gasteiger partial charge in [-0.25, -0.2) is 8.42 Å². The van der Waals surface area contributed by atoms with Gasteiger partial charge in [0.1, 0.15) is 0 Å². The Morgan fingerprint density at radius 1 is 1.14 bits per heavy atom. The molecule has 1 N–H and O–H groups in total. The second-order valence-corrected chi connectivity index (χ2v) is 8.12. The lowest BCUT2D eigenvalue weighted by molar-refractivity contribution is -0.122. The number of amides is 1. The van der Waals surface area contributed by atoms with Crippen molar-refractivity contribution in [3.8, 4) is 0 Å². The highest BCUT2D eigenvalue weighted by Crippen LogP contribution is 2.22. The van der Waals surface area contributed by atoms with E-state index in [1.165, 1.54) is 0 Å². The molecule has 1 heterocycles. The molecule has 0 aromatic heterocycles. The zero-order valence-corrected chi connectivity index (χ0v) is 13.1. The van der Waals surface area contributed by atoms with Gasteiger partial charge in [-0.15, -0.1) is 0 Å². The Balaban J connectivity index is 1.61. The van der Waals surface area contributed by atoms with Crippen molar-refractivity contribution < 1.29 is 13.2 Å². The van der Waals surface area contributed by atoms with Gasteiger partial charge < -0.3 is 5.32 Å². The molecule has 116 valence electrons. The lowest BCUT2D eigenvalue weighted by Gasteiger charge is -2.10. The maximum Gasteiger partial charge on any atom is 0.220 e. The number of carbonyl (C=O) groups excluding carboxylic acids is 1. The van der Waals surface area contributed by atoms with Crippen LogP contribution in [0.3, 0.4) is 0 Å². The topological polar surface area (TPSA) is 63.2 Å². The highest BCUT2D eigenvalue weighted by Gasteiger charge is 2.29. The van der Waals surface area contributed by atoms with Gasteiger partial charge in [-0.3, -0.25) is 4.79 Å². The number of rotatable bonds is 4. The van der Waals surface area contributed by atoms with E-state index in [4.69, 9.17) is 0 Å². The van der Waals surface area contributed by atoms with Crippen molar-refractivity contribution >= 4 is 26.5 Å². The van der Waals surface area contributed by atoms with Gasteiger partial charge in [-0.05, 0) is 28.7 Å². The fraction of sp³-hybridized carbons (Fsp3) is 0.353. The molecule has 2 aromatic carbocycles. The maximum atomic E-state index is 12.0. The summed E-state index contributed by atoms with van der Waals surface area (Å²) in [4.78, 5) is 12.0. The zero-order valence-electron chi connectivity index (χ0n) is 12.3. The normalized spacial score (nSPS) is 20.1. The largest absolute Gasteiger partial charge is 0.352 e. The molecule has 1 fully saturated rings. The first-order chi connectivity index (χ1) is 10.5. The van der Waals surface area contributed by atoms with Crippen molar-refractivity contribution in [1.29, 1.82) is 0 Å². The Kier molecular flexibility index (Phi) is 4.16. The van der Waals surface area contributed by atoms with Crippen molar-refractivity contribution in [1.82, 2.24) is 5.32 Å². The van der Waals surface area contributed by atoms with E-state index in [1.54, 1.807) is 0 Å². The minimum atomic E-state index is -2.92. The summed E-state index contributed by atoms with van der Waals surface area (Å²) in [5.74, 6) is 0.260. The van der Waals surface area contributed by atoms with E-state index in [0.717, 1.165) is 16.3 Å². The number of fused-ring (bicyclic) bond motifs is 1. The fourth-order valence-electron chi connectivity index (χ4n) is 3.01. The third kappa shape index (κ3) is 3.47. The Morgan fingerprint density at radius 2 is 1.91 bits per heavy atom. The molecule has 0 spiro atoms. The molecule has 0 aliphatic carbocycles.